The van der Waals surface area contributed by atoms with E-state index in [-0.39, 0.29) is 61.2 Å². The number of benzene rings is 3. The lowest BCUT2D eigenvalue weighted by Gasteiger charge is -2.24. The Bertz CT molecular complexity index is 1190. The van der Waals surface area contributed by atoms with Gasteiger partial charge < -0.3 is 119 Å². The summed E-state index contributed by atoms with van der Waals surface area (Å²) in [4.78, 5) is 92.6. The van der Waals surface area contributed by atoms with Crippen LogP contribution in [-0.2, 0) is 72.0 Å². The summed E-state index contributed by atoms with van der Waals surface area (Å²) in [6, 6.07) is 31.4. The summed E-state index contributed by atoms with van der Waals surface area (Å²) < 4.78 is 0. The Morgan fingerprint density at radius 3 is 0.539 bits per heavy atom. The van der Waals surface area contributed by atoms with Gasteiger partial charge in [0.1, 0.15) is 67.9 Å². The Hall–Kier alpha value is -6.61. The van der Waals surface area contributed by atoms with Gasteiger partial charge in [-0.25, -0.2) is 0 Å². The minimum atomic E-state index is -0.167. The number of piperidine rings is 1. The van der Waals surface area contributed by atoms with E-state index in [0.717, 1.165) is 56.0 Å². The normalized spacial score (nSPS) is 7.62. The minimum Gasteiger partial charge on any atom is -0.394 e. The second-order valence-electron chi connectivity index (χ2n) is 16.4. The second-order valence-corrected chi connectivity index (χ2v) is 16.4. The van der Waals surface area contributed by atoms with Crippen LogP contribution in [0, 0.1) is 23.7 Å². The van der Waals surface area contributed by atoms with Gasteiger partial charge in [-0.3, -0.25) is 4.79 Å². The Labute approximate surface area is 548 Å². The molecule has 23 nitrogen and oxygen atoms in total. The van der Waals surface area contributed by atoms with Gasteiger partial charge in [0.2, 0.25) is 5.91 Å². The Morgan fingerprint density at radius 1 is 0.348 bits per heavy atom. The van der Waals surface area contributed by atoms with Crippen LogP contribution >= 0.6 is 0 Å². The molecule has 0 saturated carbocycles. The smallest absolute Gasteiger partial charge is 0.219 e. The quantitative estimate of drug-likeness (QED) is 0.105. The molecule has 0 aliphatic carbocycles. The van der Waals surface area contributed by atoms with E-state index in [1.54, 1.807) is 20.8 Å². The van der Waals surface area contributed by atoms with Crippen LogP contribution in [0.4, 0.5) is 0 Å². The van der Waals surface area contributed by atoms with Crippen molar-refractivity contribution in [1.82, 2.24) is 54.1 Å². The van der Waals surface area contributed by atoms with Crippen molar-refractivity contribution in [3.63, 3.8) is 0 Å². The lowest BCUT2D eigenvalue weighted by atomic mass is 10.1. The molecule has 89 heavy (non-hydrogen) atoms. The molecule has 4 rings (SSSR count). The lowest BCUT2D eigenvalue weighted by Crippen LogP contribution is -2.33. The maximum atomic E-state index is 10.7. The summed E-state index contributed by atoms with van der Waals surface area (Å²) in [5.41, 5.74) is 13.2. The van der Waals surface area contributed by atoms with Crippen molar-refractivity contribution >= 4 is 73.8 Å². The molecule has 544 valence electrons. The lowest BCUT2D eigenvalue weighted by molar-refractivity contribution is -0.129. The highest BCUT2D eigenvalue weighted by molar-refractivity contribution is 5.73. The summed E-state index contributed by atoms with van der Waals surface area (Å²) in [6.07, 6.45) is 12.2. The van der Waals surface area contributed by atoms with Gasteiger partial charge in [-0.15, -0.1) is 0 Å². The fourth-order valence-corrected chi connectivity index (χ4v) is 3.35. The predicted octanol–water partition coefficient (Wildman–Crippen LogP) is 15.0. The van der Waals surface area contributed by atoms with Crippen LogP contribution in [0.15, 0.2) is 91.0 Å². The van der Waals surface area contributed by atoms with Crippen molar-refractivity contribution in [2.45, 2.75) is 195 Å². The van der Waals surface area contributed by atoms with Crippen LogP contribution in [-0.4, -0.2) is 117 Å². The predicted molar refractivity (Wildman–Crippen MR) is 393 cm³/mol. The van der Waals surface area contributed by atoms with Crippen molar-refractivity contribution in [3.05, 3.63) is 108 Å². The van der Waals surface area contributed by atoms with E-state index < -0.39 is 0 Å². The molecule has 1 aliphatic rings. The summed E-state index contributed by atoms with van der Waals surface area (Å²) >= 11 is 0. The Kier molecular flexibility index (Phi) is 386. The molecule has 1 heterocycles. The number of aryl methyl sites for hydroxylation is 3. The highest BCUT2D eigenvalue weighted by Crippen LogP contribution is 2.08. The first-order chi connectivity index (χ1) is 38.9. The number of carbonyl (C=O) groups is 11. The maximum absolute atomic E-state index is 10.7. The molecule has 23 heteroatoms. The summed E-state index contributed by atoms with van der Waals surface area (Å²) in [6.45, 7) is 60.1. The van der Waals surface area contributed by atoms with Gasteiger partial charge in [-0.05, 0) is 107 Å². The van der Waals surface area contributed by atoms with Crippen molar-refractivity contribution < 1.29 is 57.8 Å². The van der Waals surface area contributed by atoms with Gasteiger partial charge in [0.05, 0.1) is 0 Å². The number of likely N-dealkylation sites (tertiary alicyclic amines) is 1. The van der Waals surface area contributed by atoms with Gasteiger partial charge in [0.15, 0.2) is 0 Å². The molecule has 1 saturated heterocycles. The first-order valence-electron chi connectivity index (χ1n) is 27.0. The first kappa shape index (κ1) is 166. The number of nitrogens with zero attached hydrogens (tertiary/aromatic N) is 1. The monoisotopic (exact) mass is 1290 g/mol. The van der Waals surface area contributed by atoms with E-state index in [2.05, 4.69) is 188 Å². The van der Waals surface area contributed by atoms with Gasteiger partial charge in [0.25, 0.3) is 0 Å². The standard InChI is InChI=1S/3C8H10.C7H13NO.4C5H12.C3H8O.2CH5N.10CH2O.8H3N/c3*1-2-8-6-4-3-5-7-8;1-7(9)8-5-3-2-4-6-8;4*1-4-5(2)3;1-3(2)4;12*1-2;;;;;;;;/h3*3-7H,2H2,1H3;2-6H2,1H3;4*5H,4H2,1-3H3;3-4H,1-2H3;2*2H2,1H3;10*1H2;8*1H3. The molecule has 1 aliphatic heterocycles. The zero-order valence-electron chi connectivity index (χ0n) is 61.3. The third-order valence-corrected chi connectivity index (χ3v) is 8.82. The summed E-state index contributed by atoms with van der Waals surface area (Å²) in [5.74, 6) is 3.77. The number of hydrogen-bond donors (Lipinski definition) is 11. The number of amides is 1. The molecular formula is C66H153N11O12. The van der Waals surface area contributed by atoms with E-state index in [9.17, 15) is 4.79 Å². The van der Waals surface area contributed by atoms with Crippen LogP contribution in [0.25, 0.3) is 0 Å². The van der Waals surface area contributed by atoms with Crippen molar-refractivity contribution in [2.75, 3.05) is 27.2 Å². The Morgan fingerprint density at radius 2 is 0.472 bits per heavy atom. The number of aliphatic hydroxyl groups is 1. The van der Waals surface area contributed by atoms with Crippen LogP contribution in [0.1, 0.15) is 186 Å². The highest BCUT2D eigenvalue weighted by Gasteiger charge is 2.11. The molecule has 0 spiro atoms. The van der Waals surface area contributed by atoms with Gasteiger partial charge >= 0.3 is 0 Å². The van der Waals surface area contributed by atoms with E-state index in [1.165, 1.54) is 75.7 Å². The molecule has 3 aromatic rings. The molecule has 0 bridgehead atoms. The fourth-order valence-electron chi connectivity index (χ4n) is 3.35. The van der Waals surface area contributed by atoms with Gasteiger partial charge in [-0.2, -0.15) is 0 Å². The number of rotatable bonds is 7. The summed E-state index contributed by atoms with van der Waals surface area (Å²) in [7, 11) is 3.00. The van der Waals surface area contributed by atoms with Gasteiger partial charge in [-0.1, -0.05) is 221 Å². The average Bonchev–Trinajstić information content (AvgIpc) is 3.56. The fraction of sp³-hybridized carbons (Fsp3) is 0.561. The van der Waals surface area contributed by atoms with Crippen LogP contribution < -0.4 is 60.7 Å². The van der Waals surface area contributed by atoms with E-state index in [1.807, 2.05) is 91.0 Å². The second kappa shape index (κ2) is 207. The SMILES string of the molecule is C=O.C=O.C=O.C=O.C=O.C=O.C=O.C=O.C=O.C=O.CC(=O)N1CCCCC1.CC(C)O.CCC(C)C.CCC(C)C.CCC(C)C.CCC(C)C.CCc1ccccc1.CCc1ccccc1.CCc1ccccc1.CN.CN.N.N.N.N.N.N.N.N. The third-order valence-electron chi connectivity index (χ3n) is 8.82. The average molecular weight is 1290 g/mol. The number of nitrogens with two attached hydrogens (primary N) is 2. The number of carbonyl (C=O) groups excluding carboxylic acids is 11. The topological polar surface area (TPSA) is 543 Å². The summed E-state index contributed by atoms with van der Waals surface area (Å²) in [5, 5.41) is 8.06. The van der Waals surface area contributed by atoms with Gasteiger partial charge in [0, 0.05) is 26.1 Å². The van der Waals surface area contributed by atoms with Crippen LogP contribution in [0.5, 0.6) is 0 Å². The molecule has 29 N–H and O–H groups in total. The molecule has 1 fully saturated rings. The molecule has 0 radical (unpaired) electrons. The maximum Gasteiger partial charge on any atom is 0.219 e. The third kappa shape index (κ3) is 272. The molecule has 1 amide bonds. The van der Waals surface area contributed by atoms with Crippen molar-refractivity contribution in [1.29, 1.82) is 0 Å². The minimum absolute atomic E-state index is 0. The van der Waals surface area contributed by atoms with Crippen molar-refractivity contribution in [2.24, 2.45) is 35.1 Å². The molecule has 0 aromatic heterocycles. The number of hydrogen-bond acceptors (Lipinski definition) is 22. The largest absolute Gasteiger partial charge is 0.394 e. The van der Waals surface area contributed by atoms with E-state index >= 15 is 0 Å². The van der Waals surface area contributed by atoms with Crippen molar-refractivity contribution in [3.8, 4) is 0 Å². The van der Waals surface area contributed by atoms with E-state index in [4.69, 9.17) is 53.1 Å². The van der Waals surface area contributed by atoms with E-state index in [0.29, 0.717) is 0 Å². The number of aliphatic hydroxyl groups excluding tert-OH is 1. The highest BCUT2D eigenvalue weighted by atomic mass is 16.3. The zero-order valence-corrected chi connectivity index (χ0v) is 61.3. The van der Waals surface area contributed by atoms with Crippen LogP contribution in [0.3, 0.4) is 0 Å². The Balaban J connectivity index is -0.0000000215. The van der Waals surface area contributed by atoms with Crippen LogP contribution in [0.2, 0.25) is 0 Å². The molecular weight excluding hydrogens is 1140 g/mol. The first-order valence-corrected chi connectivity index (χ1v) is 27.0. The molecule has 3 aromatic carbocycles. The molecule has 0 atom stereocenters. The zero-order chi connectivity index (χ0) is 68.9. The molecule has 0 unspecified atom stereocenters.